The molecule has 7 heteroatoms. The van der Waals surface area contributed by atoms with Gasteiger partial charge in [-0.05, 0) is 35.4 Å². The number of alkyl halides is 3. The van der Waals surface area contributed by atoms with Crippen molar-refractivity contribution in [2.45, 2.75) is 22.4 Å². The minimum absolute atomic E-state index is 0.130. The van der Waals surface area contributed by atoms with Crippen LogP contribution in [0.4, 0.5) is 18.9 Å². The SMILES string of the molecule is COC(=O)c1ccc2c(c1)Sc1cc(C(F)(F)F)cc(N)c1C2. The number of methoxy groups -OCH3 is 1. The van der Waals surface area contributed by atoms with Gasteiger partial charge in [0.2, 0.25) is 0 Å². The fraction of sp³-hybridized carbons (Fsp3) is 0.188. The molecule has 0 fully saturated rings. The molecule has 0 aliphatic carbocycles. The molecular weight excluding hydrogens is 327 g/mol. The van der Waals surface area contributed by atoms with Crippen LogP contribution in [0, 0.1) is 0 Å². The first-order chi connectivity index (χ1) is 10.8. The van der Waals surface area contributed by atoms with E-state index in [2.05, 4.69) is 4.74 Å². The van der Waals surface area contributed by atoms with E-state index in [9.17, 15) is 18.0 Å². The maximum atomic E-state index is 12.9. The summed E-state index contributed by atoms with van der Waals surface area (Å²) in [6.07, 6.45) is -4.01. The minimum atomic E-state index is -4.45. The summed E-state index contributed by atoms with van der Waals surface area (Å²) in [5.41, 5.74) is 7.13. The molecule has 23 heavy (non-hydrogen) atoms. The van der Waals surface area contributed by atoms with Crippen LogP contribution in [0.25, 0.3) is 0 Å². The molecule has 3 rings (SSSR count). The number of halogens is 3. The molecule has 0 saturated carbocycles. The number of nitrogen functional groups attached to an aromatic ring is 1. The van der Waals surface area contributed by atoms with Gasteiger partial charge in [-0.2, -0.15) is 13.2 Å². The number of hydrogen-bond donors (Lipinski definition) is 1. The van der Waals surface area contributed by atoms with Crippen LogP contribution in [0.1, 0.15) is 27.0 Å². The Bertz CT molecular complexity index is 803. The molecular formula is C16H12F3NO2S. The summed E-state index contributed by atoms with van der Waals surface area (Å²) < 4.78 is 43.4. The fourth-order valence-electron chi connectivity index (χ4n) is 2.46. The van der Waals surface area contributed by atoms with Gasteiger partial charge >= 0.3 is 12.1 Å². The molecule has 0 radical (unpaired) electrons. The summed E-state index contributed by atoms with van der Waals surface area (Å²) >= 11 is 1.18. The van der Waals surface area contributed by atoms with Crippen LogP contribution in [-0.2, 0) is 17.3 Å². The zero-order chi connectivity index (χ0) is 16.8. The number of ether oxygens (including phenoxy) is 1. The smallest absolute Gasteiger partial charge is 0.416 e. The summed E-state index contributed by atoms with van der Waals surface area (Å²) in [6, 6.07) is 7.10. The van der Waals surface area contributed by atoms with Gasteiger partial charge in [-0.25, -0.2) is 4.79 Å². The Balaban J connectivity index is 2.04. The number of hydrogen-bond acceptors (Lipinski definition) is 4. The van der Waals surface area contributed by atoms with Gasteiger partial charge in [0.1, 0.15) is 0 Å². The molecule has 0 unspecified atom stereocenters. The van der Waals surface area contributed by atoms with Crippen LogP contribution in [0.3, 0.4) is 0 Å². The van der Waals surface area contributed by atoms with Crippen LogP contribution in [0.5, 0.6) is 0 Å². The van der Waals surface area contributed by atoms with Gasteiger partial charge in [0.05, 0.1) is 18.2 Å². The normalized spacial score (nSPS) is 13.2. The zero-order valence-corrected chi connectivity index (χ0v) is 12.8. The maximum Gasteiger partial charge on any atom is 0.416 e. The van der Waals surface area contributed by atoms with Crippen molar-refractivity contribution in [3.8, 4) is 0 Å². The molecule has 2 aromatic carbocycles. The summed E-state index contributed by atoms with van der Waals surface area (Å²) in [6.45, 7) is 0. The van der Waals surface area contributed by atoms with Crippen molar-refractivity contribution >= 4 is 23.4 Å². The van der Waals surface area contributed by atoms with Gasteiger partial charge < -0.3 is 10.5 Å². The number of carbonyl (C=O) groups excluding carboxylic acids is 1. The molecule has 0 bridgehead atoms. The van der Waals surface area contributed by atoms with Crippen molar-refractivity contribution in [2.24, 2.45) is 0 Å². The molecule has 0 amide bonds. The Hall–Kier alpha value is -2.15. The first kappa shape index (κ1) is 15.7. The Morgan fingerprint density at radius 3 is 2.61 bits per heavy atom. The van der Waals surface area contributed by atoms with E-state index in [4.69, 9.17) is 5.73 Å². The first-order valence-electron chi connectivity index (χ1n) is 6.68. The number of anilines is 1. The van der Waals surface area contributed by atoms with E-state index in [0.29, 0.717) is 22.4 Å². The van der Waals surface area contributed by atoms with Gasteiger partial charge in [0.25, 0.3) is 0 Å². The minimum Gasteiger partial charge on any atom is -0.465 e. The van der Waals surface area contributed by atoms with Gasteiger partial charge in [-0.3, -0.25) is 0 Å². The van der Waals surface area contributed by atoms with Gasteiger partial charge in [-0.1, -0.05) is 17.8 Å². The van der Waals surface area contributed by atoms with E-state index >= 15 is 0 Å². The Morgan fingerprint density at radius 2 is 1.96 bits per heavy atom. The Kier molecular flexibility index (Phi) is 3.75. The van der Waals surface area contributed by atoms with Gasteiger partial charge in [-0.15, -0.1) is 0 Å². The van der Waals surface area contributed by atoms with Crippen molar-refractivity contribution in [2.75, 3.05) is 12.8 Å². The fourth-order valence-corrected chi connectivity index (χ4v) is 3.65. The van der Waals surface area contributed by atoms with Crippen LogP contribution >= 0.6 is 11.8 Å². The average Bonchev–Trinajstić information content (AvgIpc) is 2.51. The summed E-state index contributed by atoms with van der Waals surface area (Å²) in [5.74, 6) is -0.484. The Labute approximate surface area is 134 Å². The van der Waals surface area contributed by atoms with Crippen LogP contribution in [0.15, 0.2) is 40.1 Å². The van der Waals surface area contributed by atoms with Crippen LogP contribution in [-0.4, -0.2) is 13.1 Å². The standard InChI is InChI=1S/C16H12F3NO2S/c1-22-15(21)9-3-2-8-4-11-12(20)6-10(16(17,18)19)7-14(11)23-13(8)5-9/h2-3,5-7H,4,20H2,1H3. The van der Waals surface area contributed by atoms with Crippen molar-refractivity contribution in [3.63, 3.8) is 0 Å². The van der Waals surface area contributed by atoms with Crippen LogP contribution in [0.2, 0.25) is 0 Å². The summed E-state index contributed by atoms with van der Waals surface area (Å²) in [4.78, 5) is 12.8. The molecule has 0 atom stereocenters. The summed E-state index contributed by atoms with van der Waals surface area (Å²) in [7, 11) is 1.28. The number of esters is 1. The highest BCUT2D eigenvalue weighted by Gasteiger charge is 2.33. The number of nitrogens with two attached hydrogens (primary N) is 1. The van der Waals surface area contributed by atoms with E-state index in [1.54, 1.807) is 18.2 Å². The second-order valence-corrected chi connectivity index (χ2v) is 6.22. The summed E-state index contributed by atoms with van der Waals surface area (Å²) in [5, 5.41) is 0. The predicted octanol–water partition coefficient (Wildman–Crippen LogP) is 4.13. The number of rotatable bonds is 1. The lowest BCUT2D eigenvalue weighted by Crippen LogP contribution is -2.11. The lowest BCUT2D eigenvalue weighted by molar-refractivity contribution is -0.137. The maximum absolute atomic E-state index is 12.9. The van der Waals surface area contributed by atoms with E-state index in [-0.39, 0.29) is 5.69 Å². The molecule has 1 aliphatic rings. The second kappa shape index (κ2) is 5.49. The molecule has 0 aromatic heterocycles. The van der Waals surface area contributed by atoms with Crippen LogP contribution < -0.4 is 5.73 Å². The third-order valence-corrected chi connectivity index (χ3v) is 4.83. The van der Waals surface area contributed by atoms with Crippen molar-refractivity contribution < 1.29 is 22.7 Å². The lowest BCUT2D eigenvalue weighted by Gasteiger charge is -2.22. The third kappa shape index (κ3) is 2.88. The Morgan fingerprint density at radius 1 is 1.22 bits per heavy atom. The largest absolute Gasteiger partial charge is 0.465 e. The highest BCUT2D eigenvalue weighted by atomic mass is 32.2. The van der Waals surface area contributed by atoms with Crippen molar-refractivity contribution in [1.29, 1.82) is 0 Å². The molecule has 3 nitrogen and oxygen atoms in total. The highest BCUT2D eigenvalue weighted by molar-refractivity contribution is 7.99. The lowest BCUT2D eigenvalue weighted by atomic mass is 9.99. The van der Waals surface area contributed by atoms with E-state index < -0.39 is 17.7 Å². The average molecular weight is 339 g/mol. The zero-order valence-electron chi connectivity index (χ0n) is 12.0. The topological polar surface area (TPSA) is 52.3 Å². The number of benzene rings is 2. The van der Waals surface area contributed by atoms with Crippen molar-refractivity contribution in [3.05, 3.63) is 52.6 Å². The van der Waals surface area contributed by atoms with E-state index in [1.165, 1.54) is 18.9 Å². The quantitative estimate of drug-likeness (QED) is 0.535. The third-order valence-electron chi connectivity index (χ3n) is 3.65. The predicted molar refractivity (Wildman–Crippen MR) is 80.6 cm³/mol. The molecule has 0 saturated heterocycles. The molecule has 1 heterocycles. The monoisotopic (exact) mass is 339 g/mol. The highest BCUT2D eigenvalue weighted by Crippen LogP contribution is 2.44. The molecule has 1 aliphatic heterocycles. The molecule has 0 spiro atoms. The number of carbonyl (C=O) groups is 1. The van der Waals surface area contributed by atoms with Crippen molar-refractivity contribution in [1.82, 2.24) is 0 Å². The van der Waals surface area contributed by atoms with E-state index in [0.717, 1.165) is 22.6 Å². The molecule has 120 valence electrons. The van der Waals surface area contributed by atoms with Gasteiger partial charge in [0, 0.05) is 21.9 Å². The number of fused-ring (bicyclic) bond motifs is 2. The second-order valence-electron chi connectivity index (χ2n) is 5.13. The molecule has 2 N–H and O–H groups in total. The molecule has 2 aromatic rings. The first-order valence-corrected chi connectivity index (χ1v) is 7.50. The van der Waals surface area contributed by atoms with Gasteiger partial charge in [0.15, 0.2) is 0 Å². The van der Waals surface area contributed by atoms with E-state index in [1.807, 2.05) is 0 Å².